The van der Waals surface area contributed by atoms with E-state index in [1.54, 1.807) is 48.5 Å². The molecular formula is C25H30N10O3. The molecule has 0 bridgehead atoms. The number of amides is 1. The van der Waals surface area contributed by atoms with Gasteiger partial charge in [0.25, 0.3) is 5.91 Å². The number of hydrogen-bond donors (Lipinski definition) is 4. The molecule has 1 fully saturated rings. The molecule has 1 aliphatic rings. The summed E-state index contributed by atoms with van der Waals surface area (Å²) in [6.07, 6.45) is 2.89. The van der Waals surface area contributed by atoms with Crippen LogP contribution in [0.4, 0.5) is 28.7 Å². The highest BCUT2D eigenvalue weighted by Gasteiger charge is 2.24. The molecule has 1 aliphatic heterocycles. The Morgan fingerprint density at radius 1 is 1.13 bits per heavy atom. The molecule has 13 heteroatoms. The SMILES string of the molecule is C.[2H]C([2H])([2H])NC(=O)c1nnc(Nc2ccc(N3CC(O)C3)cn2)cc1Nc1cccc(-c2ncn(C)n2)c1OC. The van der Waals surface area contributed by atoms with E-state index in [1.165, 1.54) is 13.2 Å². The first-order valence-electron chi connectivity index (χ1n) is 12.8. The second kappa shape index (κ2) is 11.1. The third-order valence-electron chi connectivity index (χ3n) is 5.68. The number of aryl methyl sites for hydroxylation is 1. The van der Waals surface area contributed by atoms with E-state index in [2.05, 4.69) is 35.9 Å². The van der Waals surface area contributed by atoms with Crippen LogP contribution in [0, 0.1) is 0 Å². The topological polar surface area (TPSA) is 155 Å². The normalized spacial score (nSPS) is 14.3. The van der Waals surface area contributed by atoms with Crippen LogP contribution in [-0.2, 0) is 7.05 Å². The smallest absolute Gasteiger partial charge is 0.273 e. The summed E-state index contributed by atoms with van der Waals surface area (Å²) < 4.78 is 29.5. The Morgan fingerprint density at radius 3 is 2.63 bits per heavy atom. The lowest BCUT2D eigenvalue weighted by molar-refractivity contribution is 0.0958. The minimum atomic E-state index is -2.73. The van der Waals surface area contributed by atoms with E-state index in [4.69, 9.17) is 8.85 Å². The van der Waals surface area contributed by atoms with Crippen molar-refractivity contribution in [3.05, 3.63) is 54.6 Å². The first-order chi connectivity index (χ1) is 19.1. The molecule has 0 radical (unpaired) electrons. The fraction of sp³-hybridized carbons (Fsp3) is 0.280. The fourth-order valence-electron chi connectivity index (χ4n) is 3.86. The fourth-order valence-corrected chi connectivity index (χ4v) is 3.86. The van der Waals surface area contributed by atoms with Gasteiger partial charge in [0.1, 0.15) is 12.1 Å². The molecule has 0 saturated carbocycles. The predicted molar refractivity (Wildman–Crippen MR) is 144 cm³/mol. The average Bonchev–Trinajstić information content (AvgIpc) is 3.32. The number of benzene rings is 1. The number of aliphatic hydroxyl groups excluding tert-OH is 1. The number of carbonyl (C=O) groups is 1. The van der Waals surface area contributed by atoms with Crippen LogP contribution in [0.15, 0.2) is 48.9 Å². The van der Waals surface area contributed by atoms with Crippen LogP contribution in [0.2, 0.25) is 0 Å². The molecule has 1 amide bonds. The third-order valence-corrected chi connectivity index (χ3v) is 5.68. The van der Waals surface area contributed by atoms with Crippen molar-refractivity contribution in [2.75, 3.05) is 42.7 Å². The molecule has 198 valence electrons. The van der Waals surface area contributed by atoms with Crippen molar-refractivity contribution >= 4 is 34.6 Å². The van der Waals surface area contributed by atoms with Crippen LogP contribution >= 0.6 is 0 Å². The highest BCUT2D eigenvalue weighted by atomic mass is 16.5. The standard InChI is InChI=1S/C24H26N10O3.CH4/c1-25-24(36)21-18(28-17-6-4-5-16(22(17)37-3)23-27-13-33(2)32-23)9-20(30-31-21)29-19-8-7-14(10-26-19)34-11-15(35)12-34;/h4-10,13,15,35H,11-12H2,1-3H3,(H,25,36)(H2,26,28,29,30);1H4/i1D3;. The Labute approximate surface area is 224 Å². The quantitative estimate of drug-likeness (QED) is 0.270. The predicted octanol–water partition coefficient (Wildman–Crippen LogP) is 2.34. The Hall–Kier alpha value is -4.78. The van der Waals surface area contributed by atoms with Crippen molar-refractivity contribution in [2.45, 2.75) is 13.5 Å². The summed E-state index contributed by atoms with van der Waals surface area (Å²) in [4.78, 5) is 23.5. The first-order valence-corrected chi connectivity index (χ1v) is 11.3. The van der Waals surface area contributed by atoms with Gasteiger partial charge in [-0.3, -0.25) is 9.48 Å². The van der Waals surface area contributed by atoms with Crippen molar-refractivity contribution in [1.82, 2.24) is 35.3 Å². The lowest BCUT2D eigenvalue weighted by atomic mass is 10.1. The summed E-state index contributed by atoms with van der Waals surface area (Å²) in [6.45, 7) is -1.63. The maximum absolute atomic E-state index is 12.8. The number of nitrogens with zero attached hydrogens (tertiary/aromatic N) is 7. The Kier molecular flexibility index (Phi) is 6.54. The second-order valence-corrected chi connectivity index (χ2v) is 8.28. The van der Waals surface area contributed by atoms with Crippen LogP contribution in [0.5, 0.6) is 5.75 Å². The van der Waals surface area contributed by atoms with E-state index >= 15 is 0 Å². The lowest BCUT2D eigenvalue weighted by Gasteiger charge is -2.37. The van der Waals surface area contributed by atoms with E-state index < -0.39 is 12.9 Å². The minimum Gasteiger partial charge on any atom is -0.494 e. The molecule has 5 rings (SSSR count). The molecule has 4 aromatic rings. The van der Waals surface area contributed by atoms with Gasteiger partial charge in [0, 0.05) is 37.3 Å². The number of hydrogen-bond acceptors (Lipinski definition) is 11. The highest BCUT2D eigenvalue weighted by Crippen LogP contribution is 2.37. The lowest BCUT2D eigenvalue weighted by Crippen LogP contribution is -2.50. The summed E-state index contributed by atoms with van der Waals surface area (Å²) in [5.41, 5.74) is 1.84. The number of rotatable bonds is 8. The number of β-amino-alcohol motifs (C(OH)–C–C–N with tert-alkyl or cyclic N) is 1. The van der Waals surface area contributed by atoms with Crippen molar-refractivity contribution in [2.24, 2.45) is 7.05 Å². The van der Waals surface area contributed by atoms with Gasteiger partial charge in [-0.25, -0.2) is 9.97 Å². The number of carbonyl (C=O) groups excluding carboxylic acids is 1. The van der Waals surface area contributed by atoms with Gasteiger partial charge >= 0.3 is 0 Å². The number of anilines is 5. The van der Waals surface area contributed by atoms with E-state index in [0.29, 0.717) is 41.7 Å². The molecule has 4 heterocycles. The summed E-state index contributed by atoms with van der Waals surface area (Å²) in [6, 6.07) is 10.4. The van der Waals surface area contributed by atoms with Gasteiger partial charge in [-0.15, -0.1) is 10.2 Å². The number of ether oxygens (including phenoxy) is 1. The monoisotopic (exact) mass is 521 g/mol. The van der Waals surface area contributed by atoms with Crippen molar-refractivity contribution in [1.29, 1.82) is 0 Å². The van der Waals surface area contributed by atoms with Crippen molar-refractivity contribution in [3.8, 4) is 17.1 Å². The zero-order valence-corrected chi connectivity index (χ0v) is 20.0. The van der Waals surface area contributed by atoms with Crippen molar-refractivity contribution in [3.63, 3.8) is 0 Å². The highest BCUT2D eigenvalue weighted by molar-refractivity contribution is 5.99. The zero-order chi connectivity index (χ0) is 28.4. The molecule has 1 saturated heterocycles. The summed E-state index contributed by atoms with van der Waals surface area (Å²) in [7, 11) is 3.24. The molecule has 13 nitrogen and oxygen atoms in total. The number of para-hydroxylation sites is 1. The van der Waals surface area contributed by atoms with Gasteiger partial charge in [0.15, 0.2) is 23.1 Å². The maximum Gasteiger partial charge on any atom is 0.273 e. The van der Waals surface area contributed by atoms with E-state index in [9.17, 15) is 9.90 Å². The Morgan fingerprint density at radius 2 is 1.97 bits per heavy atom. The van der Waals surface area contributed by atoms with Gasteiger partial charge in [-0.1, -0.05) is 13.5 Å². The van der Waals surface area contributed by atoms with Crippen LogP contribution in [0.3, 0.4) is 0 Å². The van der Waals surface area contributed by atoms with Crippen LogP contribution in [0.1, 0.15) is 22.0 Å². The molecule has 4 N–H and O–H groups in total. The number of nitrogens with one attached hydrogen (secondary N) is 3. The van der Waals surface area contributed by atoms with Crippen molar-refractivity contribution < 1.29 is 18.8 Å². The van der Waals surface area contributed by atoms with Gasteiger partial charge in [-0.05, 0) is 24.3 Å². The van der Waals surface area contributed by atoms with E-state index in [0.717, 1.165) is 5.69 Å². The number of pyridine rings is 1. The van der Waals surface area contributed by atoms with Crippen LogP contribution in [-0.4, -0.2) is 74.2 Å². The molecule has 0 spiro atoms. The average molecular weight is 522 g/mol. The number of aliphatic hydroxyl groups is 1. The molecule has 38 heavy (non-hydrogen) atoms. The van der Waals surface area contributed by atoms with E-state index in [-0.39, 0.29) is 30.7 Å². The first kappa shape index (κ1) is 22.4. The molecule has 3 aromatic heterocycles. The molecule has 1 aromatic carbocycles. The molecular weight excluding hydrogens is 488 g/mol. The summed E-state index contributed by atoms with van der Waals surface area (Å²) in [5.74, 6) is 0.596. The minimum absolute atomic E-state index is 0. The number of methoxy groups -OCH3 is 1. The van der Waals surface area contributed by atoms with Gasteiger partial charge < -0.3 is 30.7 Å². The van der Waals surface area contributed by atoms with E-state index in [1.807, 2.05) is 16.3 Å². The van der Waals surface area contributed by atoms with Crippen LogP contribution < -0.4 is 25.6 Å². The van der Waals surface area contributed by atoms with Gasteiger partial charge in [0.2, 0.25) is 0 Å². The Balaban J connectivity index is 0.00000387. The maximum atomic E-state index is 12.8. The summed E-state index contributed by atoms with van der Waals surface area (Å²) >= 11 is 0. The number of aromatic nitrogens is 6. The van der Waals surface area contributed by atoms with Gasteiger partial charge in [-0.2, -0.15) is 5.10 Å². The largest absolute Gasteiger partial charge is 0.494 e. The van der Waals surface area contributed by atoms with Crippen LogP contribution in [0.25, 0.3) is 11.4 Å². The summed E-state index contributed by atoms with van der Waals surface area (Å²) in [5, 5.41) is 30.0. The molecule has 0 unspecified atom stereocenters. The molecule has 0 atom stereocenters. The third kappa shape index (κ3) is 5.32. The molecule has 0 aliphatic carbocycles. The van der Waals surface area contributed by atoms with Gasteiger partial charge in [0.05, 0.1) is 42.0 Å². The second-order valence-electron chi connectivity index (χ2n) is 8.28. The Bertz CT molecular complexity index is 1520. The zero-order valence-electron chi connectivity index (χ0n) is 23.0.